The van der Waals surface area contributed by atoms with Crippen LogP contribution in [-0.2, 0) is 0 Å². The van der Waals surface area contributed by atoms with E-state index in [0.29, 0.717) is 11.7 Å². The number of hydrogen-bond acceptors (Lipinski definition) is 4. The van der Waals surface area contributed by atoms with Crippen molar-refractivity contribution in [3.8, 4) is 0 Å². The largest absolute Gasteiger partial charge is 0.439 e. The molecular weight excluding hydrogens is 346 g/mol. The third-order valence-corrected chi connectivity index (χ3v) is 4.60. The van der Waals surface area contributed by atoms with Crippen molar-refractivity contribution in [1.82, 2.24) is 4.98 Å². The van der Waals surface area contributed by atoms with Crippen molar-refractivity contribution in [2.24, 2.45) is 9.98 Å². The maximum Gasteiger partial charge on any atom is 0.192 e. The number of aromatic nitrogens is 1. The van der Waals surface area contributed by atoms with Gasteiger partial charge in [0.1, 0.15) is 17.1 Å². The topological polar surface area (TPSA) is 50.8 Å². The molecule has 4 nitrogen and oxygen atoms in total. The van der Waals surface area contributed by atoms with E-state index < -0.39 is 0 Å². The van der Waals surface area contributed by atoms with Crippen LogP contribution in [0.25, 0.3) is 0 Å². The van der Waals surface area contributed by atoms with Crippen LogP contribution in [0.2, 0.25) is 0 Å². The lowest BCUT2D eigenvalue weighted by Crippen LogP contribution is -2.21. The van der Waals surface area contributed by atoms with Gasteiger partial charge in [-0.15, -0.1) is 0 Å². The summed E-state index contributed by atoms with van der Waals surface area (Å²) in [5.74, 6) is 1.26. The first-order valence-electron chi connectivity index (χ1n) is 9.15. The molecule has 0 saturated carbocycles. The van der Waals surface area contributed by atoms with Crippen LogP contribution in [-0.4, -0.2) is 16.4 Å². The van der Waals surface area contributed by atoms with E-state index in [-0.39, 0.29) is 0 Å². The molecule has 0 fully saturated rings. The Morgan fingerprint density at radius 3 is 1.75 bits per heavy atom. The Bertz CT molecular complexity index is 1110. The number of nitrogens with zero attached hydrogens (tertiary/aromatic N) is 3. The molecular formula is C24H17N3O. The molecule has 1 heterocycles. The minimum atomic E-state index is 0.597. The summed E-state index contributed by atoms with van der Waals surface area (Å²) in [6.07, 6.45) is 0. The lowest BCUT2D eigenvalue weighted by Gasteiger charge is -2.18. The maximum atomic E-state index is 5.99. The number of aryl methyl sites for hydroxylation is 1. The summed E-state index contributed by atoms with van der Waals surface area (Å²) in [7, 11) is 0. The maximum absolute atomic E-state index is 5.99. The van der Waals surface area contributed by atoms with E-state index in [9.17, 15) is 0 Å². The van der Waals surface area contributed by atoms with E-state index in [4.69, 9.17) is 14.4 Å². The van der Waals surface area contributed by atoms with Gasteiger partial charge in [0.05, 0.1) is 11.4 Å². The van der Waals surface area contributed by atoms with Crippen molar-refractivity contribution < 1.29 is 4.42 Å². The molecule has 0 spiro atoms. The Hall–Kier alpha value is -3.79. The monoisotopic (exact) mass is 363 g/mol. The highest BCUT2D eigenvalue weighted by Crippen LogP contribution is 2.32. The summed E-state index contributed by atoms with van der Waals surface area (Å²) in [6.45, 7) is 1.85. The summed E-state index contributed by atoms with van der Waals surface area (Å²) < 4.78 is 5.99. The fraction of sp³-hybridized carbons (Fsp3) is 0.0417. The molecule has 0 radical (unpaired) electrons. The zero-order valence-electron chi connectivity index (χ0n) is 15.3. The van der Waals surface area contributed by atoms with Gasteiger partial charge < -0.3 is 4.42 Å². The minimum Gasteiger partial charge on any atom is -0.439 e. The van der Waals surface area contributed by atoms with Gasteiger partial charge in [-0.1, -0.05) is 60.7 Å². The van der Waals surface area contributed by atoms with Crippen LogP contribution in [0.3, 0.4) is 0 Å². The summed E-state index contributed by atoms with van der Waals surface area (Å²) >= 11 is 0. The average molecular weight is 363 g/mol. The van der Waals surface area contributed by atoms with E-state index in [1.807, 2.05) is 79.7 Å². The van der Waals surface area contributed by atoms with Crippen molar-refractivity contribution in [1.29, 1.82) is 0 Å². The Kier molecular flexibility index (Phi) is 3.95. The number of hydrogen-bond donors (Lipinski definition) is 0. The summed E-state index contributed by atoms with van der Waals surface area (Å²) in [4.78, 5) is 14.4. The summed E-state index contributed by atoms with van der Waals surface area (Å²) in [5.41, 5.74) is 6.06. The molecule has 1 aliphatic carbocycles. The lowest BCUT2D eigenvalue weighted by atomic mass is 9.89. The van der Waals surface area contributed by atoms with Crippen LogP contribution in [0.1, 0.15) is 28.5 Å². The van der Waals surface area contributed by atoms with E-state index in [1.54, 1.807) is 0 Å². The van der Waals surface area contributed by atoms with Gasteiger partial charge in [-0.25, -0.2) is 15.0 Å². The number of fused-ring (bicyclic) bond motifs is 2. The zero-order chi connectivity index (χ0) is 18.9. The van der Waals surface area contributed by atoms with Gasteiger partial charge >= 0.3 is 0 Å². The van der Waals surface area contributed by atoms with Gasteiger partial charge in [0.2, 0.25) is 0 Å². The molecule has 0 aliphatic heterocycles. The second-order valence-corrected chi connectivity index (χ2v) is 6.55. The van der Waals surface area contributed by atoms with Crippen molar-refractivity contribution in [3.05, 3.63) is 113 Å². The first kappa shape index (κ1) is 16.4. The zero-order valence-corrected chi connectivity index (χ0v) is 15.3. The van der Waals surface area contributed by atoms with Gasteiger partial charge in [-0.05, 0) is 24.3 Å². The third-order valence-electron chi connectivity index (χ3n) is 4.60. The molecule has 4 aromatic rings. The average Bonchev–Trinajstić information content (AvgIpc) is 3.13. The number of para-hydroxylation sites is 2. The predicted octanol–water partition coefficient (Wildman–Crippen LogP) is 5.63. The second kappa shape index (κ2) is 6.74. The number of oxazole rings is 1. The first-order valence-corrected chi connectivity index (χ1v) is 9.15. The Morgan fingerprint density at radius 1 is 0.643 bits per heavy atom. The van der Waals surface area contributed by atoms with Crippen molar-refractivity contribution in [2.45, 2.75) is 6.92 Å². The van der Waals surface area contributed by atoms with E-state index in [2.05, 4.69) is 17.1 Å². The summed E-state index contributed by atoms with van der Waals surface area (Å²) in [5, 5.41) is 0. The minimum absolute atomic E-state index is 0.597. The molecule has 0 bridgehead atoms. The van der Waals surface area contributed by atoms with Crippen LogP contribution >= 0.6 is 0 Å². The second-order valence-electron chi connectivity index (χ2n) is 6.55. The van der Waals surface area contributed by atoms with Crippen LogP contribution in [0.5, 0.6) is 0 Å². The normalized spacial score (nSPS) is 15.5. The van der Waals surface area contributed by atoms with E-state index >= 15 is 0 Å². The number of benzene rings is 3. The highest BCUT2D eigenvalue weighted by Gasteiger charge is 2.31. The molecule has 0 unspecified atom stereocenters. The van der Waals surface area contributed by atoms with E-state index in [0.717, 1.165) is 39.6 Å². The quantitative estimate of drug-likeness (QED) is 0.408. The Balaban J connectivity index is 1.78. The fourth-order valence-electron chi connectivity index (χ4n) is 3.38. The van der Waals surface area contributed by atoms with Crippen LogP contribution < -0.4 is 0 Å². The van der Waals surface area contributed by atoms with E-state index in [1.165, 1.54) is 0 Å². The van der Waals surface area contributed by atoms with Gasteiger partial charge in [0, 0.05) is 18.1 Å². The van der Waals surface area contributed by atoms with Gasteiger partial charge in [-0.2, -0.15) is 0 Å². The highest BCUT2D eigenvalue weighted by molar-refractivity contribution is 6.30. The Labute approximate surface area is 162 Å². The lowest BCUT2D eigenvalue weighted by molar-refractivity contribution is 0.513. The molecule has 5 rings (SSSR count). The standard InChI is InChI=1S/C24H17N3O/c1-16-25-23-21(26-17-10-4-2-5-11-17)19-14-8-9-15-20(19)22(24(23)28-16)27-18-12-6-3-7-13-18/h2-15H,1H3. The molecule has 0 saturated heterocycles. The SMILES string of the molecule is Cc1nc2c(o1)C(=Nc1ccccc1)c1ccccc1C2=Nc1ccccc1. The molecule has 3 aromatic carbocycles. The molecule has 134 valence electrons. The molecule has 1 aromatic heterocycles. The first-order chi connectivity index (χ1) is 13.8. The van der Waals surface area contributed by atoms with Crippen LogP contribution in [0.15, 0.2) is 99.3 Å². The fourth-order valence-corrected chi connectivity index (χ4v) is 3.38. The van der Waals surface area contributed by atoms with Crippen molar-refractivity contribution in [3.63, 3.8) is 0 Å². The molecule has 4 heteroatoms. The number of aliphatic imine (C=N–C) groups is 2. The van der Waals surface area contributed by atoms with Crippen LogP contribution in [0.4, 0.5) is 11.4 Å². The molecule has 1 aliphatic rings. The van der Waals surface area contributed by atoms with Crippen molar-refractivity contribution >= 4 is 22.8 Å². The molecule has 28 heavy (non-hydrogen) atoms. The van der Waals surface area contributed by atoms with Crippen molar-refractivity contribution in [2.75, 3.05) is 0 Å². The van der Waals surface area contributed by atoms with Gasteiger partial charge in [0.15, 0.2) is 11.7 Å². The Morgan fingerprint density at radius 2 is 1.14 bits per heavy atom. The molecule has 0 amide bonds. The summed E-state index contributed by atoms with van der Waals surface area (Å²) in [6, 6.07) is 27.9. The number of rotatable bonds is 2. The van der Waals surface area contributed by atoms with Gasteiger partial charge in [0.25, 0.3) is 0 Å². The molecule has 0 atom stereocenters. The molecule has 0 N–H and O–H groups in total. The predicted molar refractivity (Wildman–Crippen MR) is 111 cm³/mol. The van der Waals surface area contributed by atoms with Gasteiger partial charge in [-0.3, -0.25) is 0 Å². The smallest absolute Gasteiger partial charge is 0.192 e. The highest BCUT2D eigenvalue weighted by atomic mass is 16.4. The van der Waals surface area contributed by atoms with Crippen LogP contribution in [0, 0.1) is 6.92 Å². The third kappa shape index (κ3) is 2.85.